The van der Waals surface area contributed by atoms with E-state index in [0.29, 0.717) is 12.2 Å². The first-order valence-corrected chi connectivity index (χ1v) is 6.26. The number of Topliss-reactive ketones (excluding diaryl/α,β-unsaturated/α-hetero) is 1. The Hall–Kier alpha value is -1.88. The van der Waals surface area contributed by atoms with Crippen molar-refractivity contribution in [2.24, 2.45) is 11.8 Å². The molecule has 0 aliphatic heterocycles. The highest BCUT2D eigenvalue weighted by molar-refractivity contribution is 5.85. The minimum atomic E-state index is -0.389. The molecule has 2 aliphatic rings. The minimum absolute atomic E-state index is 0.143. The minimum Gasteiger partial charge on any atom is -0.299 e. The summed E-state index contributed by atoms with van der Waals surface area (Å²) in [5, 5.41) is 9.52. The molecule has 0 unspecified atom stereocenters. The van der Waals surface area contributed by atoms with Crippen molar-refractivity contribution in [3.8, 4) is 6.07 Å². The number of rotatable bonds is 1. The first-order valence-electron chi connectivity index (χ1n) is 6.26. The van der Waals surface area contributed by atoms with Gasteiger partial charge >= 0.3 is 0 Å². The number of hydrogen-bond donors (Lipinski definition) is 0. The molecule has 18 heavy (non-hydrogen) atoms. The first-order chi connectivity index (χ1) is 8.76. The van der Waals surface area contributed by atoms with Crippen LogP contribution in [0, 0.1) is 23.2 Å². The van der Waals surface area contributed by atoms with Crippen molar-refractivity contribution < 1.29 is 4.79 Å². The number of nitrogens with zero attached hydrogens (tertiary/aromatic N) is 1. The van der Waals surface area contributed by atoms with Gasteiger partial charge < -0.3 is 0 Å². The van der Waals surface area contributed by atoms with E-state index in [0.717, 1.165) is 18.4 Å². The molecule has 0 aromatic heterocycles. The molecule has 3 atom stereocenters. The van der Waals surface area contributed by atoms with Gasteiger partial charge in [-0.3, -0.25) is 4.79 Å². The SMILES string of the molecule is C=C.N#C[C@@]1(c2ccccc2)C[C@@H]2C[C@H]1CC2=O. The van der Waals surface area contributed by atoms with Crippen molar-refractivity contribution >= 4 is 5.78 Å². The Bertz CT molecular complexity index is 488. The number of nitriles is 1. The number of hydrogen-bond acceptors (Lipinski definition) is 2. The summed E-state index contributed by atoms with van der Waals surface area (Å²) in [4.78, 5) is 11.6. The van der Waals surface area contributed by atoms with E-state index in [4.69, 9.17) is 0 Å². The molecule has 0 amide bonds. The average molecular weight is 239 g/mol. The summed E-state index contributed by atoms with van der Waals surface area (Å²) in [5.74, 6) is 0.758. The van der Waals surface area contributed by atoms with Crippen LogP contribution in [0.1, 0.15) is 24.8 Å². The molecule has 2 saturated carbocycles. The zero-order chi connectivity index (χ0) is 13.2. The van der Waals surface area contributed by atoms with Crippen LogP contribution in [0.15, 0.2) is 43.5 Å². The number of fused-ring (bicyclic) bond motifs is 2. The fourth-order valence-electron chi connectivity index (χ4n) is 3.39. The maximum Gasteiger partial charge on any atom is 0.136 e. The van der Waals surface area contributed by atoms with Gasteiger partial charge in [0, 0.05) is 12.3 Å². The molecule has 1 aromatic carbocycles. The lowest BCUT2D eigenvalue weighted by Crippen LogP contribution is -2.33. The van der Waals surface area contributed by atoms with E-state index in [1.807, 2.05) is 30.3 Å². The van der Waals surface area contributed by atoms with E-state index in [9.17, 15) is 10.1 Å². The lowest BCUT2D eigenvalue weighted by molar-refractivity contribution is -0.122. The van der Waals surface area contributed by atoms with Crippen molar-refractivity contribution in [2.75, 3.05) is 0 Å². The maximum atomic E-state index is 11.6. The Morgan fingerprint density at radius 1 is 1.28 bits per heavy atom. The molecule has 1 aromatic rings. The Labute approximate surface area is 108 Å². The molecule has 0 N–H and O–H groups in total. The van der Waals surface area contributed by atoms with Gasteiger partial charge in [0.2, 0.25) is 0 Å². The van der Waals surface area contributed by atoms with Crippen LogP contribution < -0.4 is 0 Å². The summed E-state index contributed by atoms with van der Waals surface area (Å²) in [6, 6.07) is 12.5. The van der Waals surface area contributed by atoms with Crippen LogP contribution in [0.4, 0.5) is 0 Å². The van der Waals surface area contributed by atoms with E-state index in [1.165, 1.54) is 0 Å². The second kappa shape index (κ2) is 4.78. The number of carbonyl (C=O) groups is 1. The highest BCUT2D eigenvalue weighted by Gasteiger charge is 2.56. The molecule has 0 saturated heterocycles. The van der Waals surface area contributed by atoms with E-state index in [2.05, 4.69) is 19.2 Å². The topological polar surface area (TPSA) is 40.9 Å². The first kappa shape index (κ1) is 12.6. The maximum absolute atomic E-state index is 11.6. The Morgan fingerprint density at radius 2 is 1.94 bits per heavy atom. The van der Waals surface area contributed by atoms with Crippen molar-refractivity contribution in [1.29, 1.82) is 5.26 Å². The summed E-state index contributed by atoms with van der Waals surface area (Å²) < 4.78 is 0. The zero-order valence-corrected chi connectivity index (χ0v) is 10.4. The molecular formula is C16H17NO. The highest BCUT2D eigenvalue weighted by atomic mass is 16.1. The number of carbonyl (C=O) groups excluding carboxylic acids is 1. The molecule has 2 heteroatoms. The van der Waals surface area contributed by atoms with Gasteiger partial charge in [-0.05, 0) is 24.3 Å². The Kier molecular flexibility index (Phi) is 3.34. The quantitative estimate of drug-likeness (QED) is 0.706. The van der Waals surface area contributed by atoms with Crippen LogP contribution in [-0.2, 0) is 10.2 Å². The summed E-state index contributed by atoms with van der Waals surface area (Å²) in [5.41, 5.74) is 0.706. The molecule has 2 bridgehead atoms. The molecule has 2 aliphatic carbocycles. The number of ketones is 1. The molecule has 2 fully saturated rings. The largest absolute Gasteiger partial charge is 0.299 e. The molecular weight excluding hydrogens is 222 g/mol. The summed E-state index contributed by atoms with van der Waals surface area (Å²) >= 11 is 0. The fourth-order valence-corrected chi connectivity index (χ4v) is 3.39. The molecule has 3 rings (SSSR count). The molecule has 0 spiro atoms. The molecule has 0 radical (unpaired) electrons. The summed E-state index contributed by atoms with van der Waals surface area (Å²) in [6.45, 7) is 6.00. The fraction of sp³-hybridized carbons (Fsp3) is 0.375. The second-order valence-electron chi connectivity index (χ2n) is 4.95. The standard InChI is InChI=1S/C14H13NO.C2H4/c15-9-14(11-4-2-1-3-5-11)8-10-6-12(14)7-13(10)16;1-2/h1-5,10,12H,6-8H2;1-2H2/t10-,12-,14+;/m0./s1. The van der Waals surface area contributed by atoms with E-state index < -0.39 is 0 Å². The van der Waals surface area contributed by atoms with Gasteiger partial charge in [-0.2, -0.15) is 5.26 Å². The van der Waals surface area contributed by atoms with Crippen molar-refractivity contribution in [3.63, 3.8) is 0 Å². The van der Waals surface area contributed by atoms with Crippen LogP contribution >= 0.6 is 0 Å². The smallest absolute Gasteiger partial charge is 0.136 e. The van der Waals surface area contributed by atoms with Crippen LogP contribution in [0.3, 0.4) is 0 Å². The Morgan fingerprint density at radius 3 is 2.39 bits per heavy atom. The van der Waals surface area contributed by atoms with E-state index >= 15 is 0 Å². The number of benzene rings is 1. The normalized spacial score (nSPS) is 32.5. The van der Waals surface area contributed by atoms with Crippen LogP contribution in [0.5, 0.6) is 0 Å². The highest BCUT2D eigenvalue weighted by Crippen LogP contribution is 2.55. The third-order valence-electron chi connectivity index (χ3n) is 4.23. The van der Waals surface area contributed by atoms with Crippen molar-refractivity contribution in [1.82, 2.24) is 0 Å². The predicted molar refractivity (Wildman–Crippen MR) is 70.8 cm³/mol. The summed E-state index contributed by atoms with van der Waals surface area (Å²) in [6.07, 6.45) is 2.26. The van der Waals surface area contributed by atoms with Gasteiger partial charge in [-0.25, -0.2) is 0 Å². The molecule has 92 valence electrons. The molecule has 0 heterocycles. The third-order valence-corrected chi connectivity index (χ3v) is 4.23. The summed E-state index contributed by atoms with van der Waals surface area (Å²) in [7, 11) is 0. The van der Waals surface area contributed by atoms with Crippen LogP contribution in [0.25, 0.3) is 0 Å². The monoisotopic (exact) mass is 239 g/mol. The van der Waals surface area contributed by atoms with Crippen LogP contribution in [0.2, 0.25) is 0 Å². The van der Waals surface area contributed by atoms with Gasteiger partial charge in [0.25, 0.3) is 0 Å². The van der Waals surface area contributed by atoms with Crippen molar-refractivity contribution in [3.05, 3.63) is 49.1 Å². The Balaban J connectivity index is 0.000000574. The predicted octanol–water partition coefficient (Wildman–Crippen LogP) is 3.25. The molecule has 2 nitrogen and oxygen atoms in total. The van der Waals surface area contributed by atoms with Gasteiger partial charge in [-0.15, -0.1) is 13.2 Å². The third kappa shape index (κ3) is 1.67. The van der Waals surface area contributed by atoms with Gasteiger partial charge in [0.05, 0.1) is 11.5 Å². The van der Waals surface area contributed by atoms with Crippen LogP contribution in [-0.4, -0.2) is 5.78 Å². The second-order valence-corrected chi connectivity index (χ2v) is 4.95. The lowest BCUT2D eigenvalue weighted by Gasteiger charge is -2.30. The zero-order valence-electron chi connectivity index (χ0n) is 10.4. The van der Waals surface area contributed by atoms with Crippen molar-refractivity contribution in [2.45, 2.75) is 24.7 Å². The van der Waals surface area contributed by atoms with Gasteiger partial charge in [-0.1, -0.05) is 30.3 Å². The lowest BCUT2D eigenvalue weighted by atomic mass is 9.69. The average Bonchev–Trinajstić information content (AvgIpc) is 2.99. The van der Waals surface area contributed by atoms with Gasteiger partial charge in [0.1, 0.15) is 5.78 Å². The van der Waals surface area contributed by atoms with E-state index in [1.54, 1.807) is 0 Å². The van der Waals surface area contributed by atoms with Gasteiger partial charge in [0.15, 0.2) is 0 Å². The van der Waals surface area contributed by atoms with E-state index in [-0.39, 0.29) is 17.3 Å².